The van der Waals surface area contributed by atoms with E-state index in [9.17, 15) is 19.2 Å². The standard InChI is InChI=1S/C23H38NO8/c1-7-8-11-24(6,12-9-20(25)29-14-16-31-22(27)18(2)3)13-10-21(26)30-15-17-32-23(28)19(4)5/h2,4,7-17H2,1,3,5-6H3/q+1. The highest BCUT2D eigenvalue weighted by molar-refractivity contribution is 5.87. The van der Waals surface area contributed by atoms with Crippen molar-refractivity contribution < 1.29 is 42.6 Å². The van der Waals surface area contributed by atoms with Gasteiger partial charge in [-0.25, -0.2) is 9.59 Å². The van der Waals surface area contributed by atoms with E-state index in [-0.39, 0.29) is 62.4 Å². The fraction of sp³-hybridized carbons (Fsp3) is 0.652. The maximum Gasteiger partial charge on any atom is 0.333 e. The molecule has 9 nitrogen and oxygen atoms in total. The highest BCUT2D eigenvalue weighted by atomic mass is 16.6. The molecule has 0 aliphatic carbocycles. The molecule has 0 unspecified atom stereocenters. The topological polar surface area (TPSA) is 105 Å². The molecule has 0 aromatic rings. The summed E-state index contributed by atoms with van der Waals surface area (Å²) in [6.07, 6.45) is 2.31. The van der Waals surface area contributed by atoms with Crippen molar-refractivity contribution >= 4 is 23.9 Å². The second-order valence-electron chi connectivity index (χ2n) is 7.92. The van der Waals surface area contributed by atoms with E-state index in [0.29, 0.717) is 17.6 Å². The normalized spacial score (nSPS) is 10.8. The predicted molar refractivity (Wildman–Crippen MR) is 118 cm³/mol. The van der Waals surface area contributed by atoms with Gasteiger partial charge in [-0.1, -0.05) is 26.5 Å². The summed E-state index contributed by atoms with van der Waals surface area (Å²) in [7, 11) is 1.99. The van der Waals surface area contributed by atoms with Gasteiger partial charge in [0.25, 0.3) is 0 Å². The maximum absolute atomic E-state index is 12.0. The first-order valence-electron chi connectivity index (χ1n) is 10.8. The van der Waals surface area contributed by atoms with Gasteiger partial charge in [0.15, 0.2) is 0 Å². The lowest BCUT2D eigenvalue weighted by atomic mass is 10.2. The molecule has 0 saturated carbocycles. The Hall–Kier alpha value is -2.68. The Labute approximate surface area is 190 Å². The fourth-order valence-electron chi connectivity index (χ4n) is 2.57. The van der Waals surface area contributed by atoms with Crippen molar-refractivity contribution in [1.29, 1.82) is 0 Å². The second-order valence-corrected chi connectivity index (χ2v) is 7.92. The van der Waals surface area contributed by atoms with Crippen LogP contribution in [0.2, 0.25) is 0 Å². The quantitative estimate of drug-likeness (QED) is 0.108. The number of unbranched alkanes of at least 4 members (excludes halogenated alkanes) is 1. The third-order valence-electron chi connectivity index (χ3n) is 4.62. The molecule has 0 rings (SSSR count). The summed E-state index contributed by atoms with van der Waals surface area (Å²) in [6.45, 7) is 13.9. The van der Waals surface area contributed by atoms with E-state index in [1.165, 1.54) is 13.8 Å². The number of quaternary nitrogens is 1. The summed E-state index contributed by atoms with van der Waals surface area (Å²) in [5.41, 5.74) is 0.568. The number of esters is 4. The van der Waals surface area contributed by atoms with Crippen LogP contribution in [0.5, 0.6) is 0 Å². The summed E-state index contributed by atoms with van der Waals surface area (Å²) in [5, 5.41) is 0. The van der Waals surface area contributed by atoms with Crippen LogP contribution in [0.25, 0.3) is 0 Å². The smallest absolute Gasteiger partial charge is 0.333 e. The Kier molecular flexibility index (Phi) is 14.7. The summed E-state index contributed by atoms with van der Waals surface area (Å²) < 4.78 is 20.5. The lowest BCUT2D eigenvalue weighted by Crippen LogP contribution is -2.47. The molecular formula is C23H38NO8+. The van der Waals surface area contributed by atoms with Crippen LogP contribution in [-0.4, -0.2) is 81.5 Å². The number of hydrogen-bond acceptors (Lipinski definition) is 8. The Morgan fingerprint density at radius 3 is 1.41 bits per heavy atom. The summed E-state index contributed by atoms with van der Waals surface area (Å²) in [5.74, 6) is -1.82. The Bertz CT molecular complexity index is 621. The highest BCUT2D eigenvalue weighted by Crippen LogP contribution is 2.10. The van der Waals surface area contributed by atoms with Gasteiger partial charge in [0, 0.05) is 11.1 Å². The Morgan fingerprint density at radius 2 is 1.06 bits per heavy atom. The first-order valence-corrected chi connectivity index (χ1v) is 10.8. The molecule has 0 atom stereocenters. The van der Waals surface area contributed by atoms with Crippen molar-refractivity contribution in [2.45, 2.75) is 46.5 Å². The third kappa shape index (κ3) is 14.3. The molecule has 182 valence electrons. The highest BCUT2D eigenvalue weighted by Gasteiger charge is 2.24. The van der Waals surface area contributed by atoms with Crippen LogP contribution in [0.1, 0.15) is 46.5 Å². The molecule has 32 heavy (non-hydrogen) atoms. The van der Waals surface area contributed by atoms with Gasteiger partial charge in [-0.15, -0.1) is 0 Å². The number of carbonyl (C=O) groups excluding carboxylic acids is 4. The van der Waals surface area contributed by atoms with Crippen LogP contribution >= 0.6 is 0 Å². The van der Waals surface area contributed by atoms with E-state index in [0.717, 1.165) is 19.4 Å². The first-order chi connectivity index (χ1) is 15.0. The molecule has 0 spiro atoms. The molecule has 0 saturated heterocycles. The van der Waals surface area contributed by atoms with Gasteiger partial charge < -0.3 is 23.4 Å². The van der Waals surface area contributed by atoms with Crippen molar-refractivity contribution in [3.05, 3.63) is 24.3 Å². The van der Waals surface area contributed by atoms with Gasteiger partial charge in [0.2, 0.25) is 0 Å². The Morgan fingerprint density at radius 1 is 0.688 bits per heavy atom. The molecule has 0 heterocycles. The first kappa shape index (κ1) is 29.3. The van der Waals surface area contributed by atoms with E-state index in [1.54, 1.807) is 0 Å². The molecule has 0 fully saturated rings. The van der Waals surface area contributed by atoms with Gasteiger partial charge in [-0.2, -0.15) is 0 Å². The van der Waals surface area contributed by atoms with Crippen LogP contribution < -0.4 is 0 Å². The molecule has 9 heteroatoms. The largest absolute Gasteiger partial charge is 0.462 e. The number of nitrogens with zero attached hydrogens (tertiary/aromatic N) is 1. The van der Waals surface area contributed by atoms with E-state index in [1.807, 2.05) is 7.05 Å². The molecule has 0 bridgehead atoms. The zero-order valence-electron chi connectivity index (χ0n) is 19.9. The fourth-order valence-corrected chi connectivity index (χ4v) is 2.57. The van der Waals surface area contributed by atoms with Crippen molar-refractivity contribution in [3.63, 3.8) is 0 Å². The molecular weight excluding hydrogens is 418 g/mol. The predicted octanol–water partition coefficient (Wildman–Crippen LogP) is 2.34. The van der Waals surface area contributed by atoms with Gasteiger partial charge >= 0.3 is 23.9 Å². The van der Waals surface area contributed by atoms with Crippen molar-refractivity contribution in [2.24, 2.45) is 0 Å². The van der Waals surface area contributed by atoms with Crippen LogP contribution in [0.3, 0.4) is 0 Å². The van der Waals surface area contributed by atoms with Crippen molar-refractivity contribution in [2.75, 3.05) is 53.1 Å². The zero-order valence-corrected chi connectivity index (χ0v) is 19.9. The maximum atomic E-state index is 12.0. The lowest BCUT2D eigenvalue weighted by molar-refractivity contribution is -0.908. The number of hydrogen-bond donors (Lipinski definition) is 0. The van der Waals surface area contributed by atoms with Gasteiger partial charge in [-0.05, 0) is 20.3 Å². The Balaban J connectivity index is 4.34. The molecule has 0 N–H and O–H groups in total. The molecule has 0 aliphatic rings. The number of ether oxygens (including phenoxy) is 4. The lowest BCUT2D eigenvalue weighted by Gasteiger charge is -2.34. The summed E-state index contributed by atoms with van der Waals surface area (Å²) in [4.78, 5) is 46.6. The average molecular weight is 457 g/mol. The van der Waals surface area contributed by atoms with Crippen molar-refractivity contribution in [3.8, 4) is 0 Å². The zero-order chi connectivity index (χ0) is 24.6. The molecule has 0 aromatic heterocycles. The van der Waals surface area contributed by atoms with Gasteiger partial charge in [0.1, 0.15) is 26.4 Å². The van der Waals surface area contributed by atoms with Crippen LogP contribution in [-0.2, 0) is 38.1 Å². The summed E-state index contributed by atoms with van der Waals surface area (Å²) >= 11 is 0. The minimum absolute atomic E-state index is 0.0151. The molecule has 0 amide bonds. The minimum atomic E-state index is -0.522. The SMILES string of the molecule is C=C(C)C(=O)OCCOC(=O)CC[N+](C)(CCCC)CCC(=O)OCCOC(=O)C(=C)C. The molecule has 0 aromatic carbocycles. The van der Waals surface area contributed by atoms with Crippen molar-refractivity contribution in [1.82, 2.24) is 0 Å². The van der Waals surface area contributed by atoms with Crippen LogP contribution in [0.4, 0.5) is 0 Å². The van der Waals surface area contributed by atoms with E-state index in [4.69, 9.17) is 18.9 Å². The van der Waals surface area contributed by atoms with Crippen LogP contribution in [0.15, 0.2) is 24.3 Å². The van der Waals surface area contributed by atoms with E-state index < -0.39 is 11.9 Å². The van der Waals surface area contributed by atoms with E-state index >= 15 is 0 Å². The number of carbonyl (C=O) groups is 4. The van der Waals surface area contributed by atoms with Crippen LogP contribution in [0, 0.1) is 0 Å². The monoisotopic (exact) mass is 456 g/mol. The minimum Gasteiger partial charge on any atom is -0.462 e. The average Bonchev–Trinajstić information content (AvgIpc) is 2.75. The van der Waals surface area contributed by atoms with Gasteiger partial charge in [-0.3, -0.25) is 9.59 Å². The molecule has 0 aliphatic heterocycles. The third-order valence-corrected chi connectivity index (χ3v) is 4.62. The molecule has 0 radical (unpaired) electrons. The van der Waals surface area contributed by atoms with Gasteiger partial charge in [0.05, 0.1) is 39.5 Å². The second kappa shape index (κ2) is 16.0. The van der Waals surface area contributed by atoms with E-state index in [2.05, 4.69) is 20.1 Å². The number of rotatable bonds is 17. The summed E-state index contributed by atoms with van der Waals surface area (Å²) in [6, 6.07) is 0.